The third-order valence-electron chi connectivity index (χ3n) is 3.80. The standard InChI is InChI=1S/C15H17N3O3S/c1-10-2-3-12-7-13(4-5-14(12)17-10)18-8-11(6-15(18)19)9-22(16,20)21/h2-5,7,11H,6,8-9H2,1H3,(H2,16,20,21). The summed E-state index contributed by atoms with van der Waals surface area (Å²) in [4.78, 5) is 18.2. The second-order valence-electron chi connectivity index (χ2n) is 5.73. The Kier molecular flexibility index (Phi) is 3.62. The topological polar surface area (TPSA) is 93.4 Å². The Labute approximate surface area is 129 Å². The van der Waals surface area contributed by atoms with E-state index in [0.29, 0.717) is 6.54 Å². The molecule has 0 bridgehead atoms. The number of nitrogens with two attached hydrogens (primary N) is 1. The Morgan fingerprint density at radius 2 is 2.09 bits per heavy atom. The minimum atomic E-state index is -3.56. The summed E-state index contributed by atoms with van der Waals surface area (Å²) in [6, 6.07) is 9.49. The Morgan fingerprint density at radius 3 is 2.82 bits per heavy atom. The predicted molar refractivity (Wildman–Crippen MR) is 84.9 cm³/mol. The van der Waals surface area contributed by atoms with Gasteiger partial charge in [0, 0.05) is 35.7 Å². The number of pyridine rings is 1. The lowest BCUT2D eigenvalue weighted by atomic mass is 10.1. The summed E-state index contributed by atoms with van der Waals surface area (Å²) >= 11 is 0. The van der Waals surface area contributed by atoms with Gasteiger partial charge in [0.15, 0.2) is 0 Å². The number of aryl methyl sites for hydroxylation is 1. The Bertz CT molecular complexity index is 848. The quantitative estimate of drug-likeness (QED) is 0.919. The van der Waals surface area contributed by atoms with Crippen molar-refractivity contribution in [3.8, 4) is 0 Å². The maximum atomic E-state index is 12.1. The number of aromatic nitrogens is 1. The molecule has 7 heteroatoms. The summed E-state index contributed by atoms with van der Waals surface area (Å²) in [5.74, 6) is -0.494. The molecule has 22 heavy (non-hydrogen) atoms. The number of primary sulfonamides is 1. The van der Waals surface area contributed by atoms with E-state index < -0.39 is 10.0 Å². The number of carbonyl (C=O) groups excluding carboxylic acids is 1. The number of sulfonamides is 1. The first-order chi connectivity index (χ1) is 10.3. The van der Waals surface area contributed by atoms with E-state index in [0.717, 1.165) is 22.3 Å². The monoisotopic (exact) mass is 319 g/mol. The van der Waals surface area contributed by atoms with Gasteiger partial charge in [0.2, 0.25) is 15.9 Å². The normalized spacial score (nSPS) is 19.1. The molecule has 0 aliphatic carbocycles. The molecule has 0 saturated carbocycles. The highest BCUT2D eigenvalue weighted by atomic mass is 32.2. The number of hydrogen-bond acceptors (Lipinski definition) is 4. The minimum absolute atomic E-state index is 0.0759. The number of fused-ring (bicyclic) bond motifs is 1. The molecule has 1 aliphatic rings. The van der Waals surface area contributed by atoms with E-state index in [1.165, 1.54) is 0 Å². The third-order valence-corrected chi connectivity index (χ3v) is 4.73. The van der Waals surface area contributed by atoms with E-state index >= 15 is 0 Å². The molecule has 1 atom stereocenters. The van der Waals surface area contributed by atoms with E-state index in [2.05, 4.69) is 4.98 Å². The summed E-state index contributed by atoms with van der Waals surface area (Å²) < 4.78 is 22.4. The largest absolute Gasteiger partial charge is 0.312 e. The van der Waals surface area contributed by atoms with Gasteiger partial charge in [0.25, 0.3) is 0 Å². The fourth-order valence-corrected chi connectivity index (χ4v) is 3.73. The van der Waals surface area contributed by atoms with Crippen LogP contribution in [0.4, 0.5) is 5.69 Å². The number of anilines is 1. The predicted octanol–water partition coefficient (Wildman–Crippen LogP) is 1.18. The molecule has 116 valence electrons. The zero-order valence-corrected chi connectivity index (χ0v) is 13.0. The smallest absolute Gasteiger partial charge is 0.227 e. The molecule has 2 aromatic rings. The van der Waals surface area contributed by atoms with Crippen LogP contribution < -0.4 is 10.0 Å². The second kappa shape index (κ2) is 5.33. The van der Waals surface area contributed by atoms with Crippen LogP contribution in [0.25, 0.3) is 10.9 Å². The summed E-state index contributed by atoms with van der Waals surface area (Å²) in [7, 11) is -3.56. The van der Waals surface area contributed by atoms with Crippen LogP contribution in [-0.4, -0.2) is 31.6 Å². The molecule has 0 radical (unpaired) electrons. The molecule has 1 amide bonds. The maximum absolute atomic E-state index is 12.1. The molecule has 1 aromatic carbocycles. The van der Waals surface area contributed by atoms with Crippen LogP contribution >= 0.6 is 0 Å². The van der Waals surface area contributed by atoms with Crippen LogP contribution in [0.2, 0.25) is 0 Å². The Morgan fingerprint density at radius 1 is 1.32 bits per heavy atom. The molecule has 6 nitrogen and oxygen atoms in total. The Balaban J connectivity index is 1.88. The average Bonchev–Trinajstić information content (AvgIpc) is 2.76. The first-order valence-corrected chi connectivity index (χ1v) is 8.71. The number of benzene rings is 1. The van der Waals surface area contributed by atoms with Crippen molar-refractivity contribution in [1.82, 2.24) is 4.98 Å². The highest BCUT2D eigenvalue weighted by Gasteiger charge is 2.32. The number of hydrogen-bond donors (Lipinski definition) is 1. The van der Waals surface area contributed by atoms with Gasteiger partial charge in [-0.25, -0.2) is 13.6 Å². The van der Waals surface area contributed by atoms with Crippen molar-refractivity contribution >= 4 is 32.5 Å². The van der Waals surface area contributed by atoms with Crippen molar-refractivity contribution in [2.24, 2.45) is 11.1 Å². The molecule has 1 aliphatic heterocycles. The SMILES string of the molecule is Cc1ccc2cc(N3CC(CS(N)(=O)=O)CC3=O)ccc2n1. The van der Waals surface area contributed by atoms with Crippen molar-refractivity contribution in [3.05, 3.63) is 36.0 Å². The highest BCUT2D eigenvalue weighted by molar-refractivity contribution is 7.89. The lowest BCUT2D eigenvalue weighted by molar-refractivity contribution is -0.117. The molecular weight excluding hydrogens is 302 g/mol. The number of rotatable bonds is 3. The van der Waals surface area contributed by atoms with Gasteiger partial charge in [-0.1, -0.05) is 6.07 Å². The van der Waals surface area contributed by atoms with Gasteiger partial charge < -0.3 is 4.90 Å². The lowest BCUT2D eigenvalue weighted by Gasteiger charge is -2.17. The van der Waals surface area contributed by atoms with Crippen LogP contribution in [0, 0.1) is 12.8 Å². The van der Waals surface area contributed by atoms with Gasteiger partial charge in [0.1, 0.15) is 0 Å². The first-order valence-electron chi connectivity index (χ1n) is 7.00. The van der Waals surface area contributed by atoms with Gasteiger partial charge in [-0.05, 0) is 31.2 Å². The summed E-state index contributed by atoms with van der Waals surface area (Å²) in [6.45, 7) is 2.30. The molecular formula is C15H17N3O3S. The van der Waals surface area contributed by atoms with Gasteiger partial charge in [-0.15, -0.1) is 0 Å². The van der Waals surface area contributed by atoms with Crippen LogP contribution in [0.5, 0.6) is 0 Å². The van der Waals surface area contributed by atoms with E-state index in [9.17, 15) is 13.2 Å². The van der Waals surface area contributed by atoms with Crippen molar-refractivity contribution in [2.45, 2.75) is 13.3 Å². The summed E-state index contributed by atoms with van der Waals surface area (Å²) in [5, 5.41) is 6.02. The lowest BCUT2D eigenvalue weighted by Crippen LogP contribution is -2.27. The van der Waals surface area contributed by atoms with Crippen molar-refractivity contribution in [2.75, 3.05) is 17.2 Å². The third kappa shape index (κ3) is 3.10. The van der Waals surface area contributed by atoms with Crippen LogP contribution in [0.3, 0.4) is 0 Å². The molecule has 2 heterocycles. The van der Waals surface area contributed by atoms with E-state index in [1.807, 2.05) is 37.3 Å². The van der Waals surface area contributed by atoms with Gasteiger partial charge in [0.05, 0.1) is 11.3 Å². The van der Waals surface area contributed by atoms with Gasteiger partial charge >= 0.3 is 0 Å². The van der Waals surface area contributed by atoms with Crippen LogP contribution in [-0.2, 0) is 14.8 Å². The molecule has 3 rings (SSSR count). The van der Waals surface area contributed by atoms with E-state index in [1.54, 1.807) is 4.90 Å². The average molecular weight is 319 g/mol. The van der Waals surface area contributed by atoms with Crippen molar-refractivity contribution < 1.29 is 13.2 Å². The number of amides is 1. The van der Waals surface area contributed by atoms with E-state index in [4.69, 9.17) is 5.14 Å². The molecule has 0 spiro atoms. The molecule has 2 N–H and O–H groups in total. The summed E-state index contributed by atoms with van der Waals surface area (Å²) in [5.41, 5.74) is 2.57. The van der Waals surface area contributed by atoms with Crippen molar-refractivity contribution in [1.29, 1.82) is 0 Å². The van der Waals surface area contributed by atoms with Crippen LogP contribution in [0.1, 0.15) is 12.1 Å². The zero-order chi connectivity index (χ0) is 15.9. The molecule has 1 unspecified atom stereocenters. The first kappa shape index (κ1) is 14.9. The number of carbonyl (C=O) groups is 1. The van der Waals surface area contributed by atoms with Crippen molar-refractivity contribution in [3.63, 3.8) is 0 Å². The summed E-state index contributed by atoms with van der Waals surface area (Å²) in [6.07, 6.45) is 0.209. The molecule has 1 aromatic heterocycles. The van der Waals surface area contributed by atoms with Gasteiger partial charge in [-0.3, -0.25) is 9.78 Å². The minimum Gasteiger partial charge on any atom is -0.312 e. The Hall–Kier alpha value is -1.99. The maximum Gasteiger partial charge on any atom is 0.227 e. The fraction of sp³-hybridized carbons (Fsp3) is 0.333. The number of nitrogens with zero attached hydrogens (tertiary/aromatic N) is 2. The molecule has 1 fully saturated rings. The second-order valence-corrected chi connectivity index (χ2v) is 7.39. The fourth-order valence-electron chi connectivity index (χ4n) is 2.85. The van der Waals surface area contributed by atoms with Gasteiger partial charge in [-0.2, -0.15) is 0 Å². The molecule has 1 saturated heterocycles. The van der Waals surface area contributed by atoms with E-state index in [-0.39, 0.29) is 24.0 Å². The highest BCUT2D eigenvalue weighted by Crippen LogP contribution is 2.28. The zero-order valence-electron chi connectivity index (χ0n) is 12.2. The van der Waals surface area contributed by atoms with Crippen LogP contribution in [0.15, 0.2) is 30.3 Å².